The van der Waals surface area contributed by atoms with Gasteiger partial charge in [0.2, 0.25) is 0 Å². The first-order valence-corrected chi connectivity index (χ1v) is 7.94. The van der Waals surface area contributed by atoms with Gasteiger partial charge in [-0.25, -0.2) is 4.79 Å². The predicted octanol–water partition coefficient (Wildman–Crippen LogP) is 2.12. The van der Waals surface area contributed by atoms with Crippen LogP contribution in [0.4, 0.5) is 4.79 Å². The largest absolute Gasteiger partial charge is 0.444 e. The maximum absolute atomic E-state index is 11.8. The number of alkyl carbamates (subject to hydrolysis) is 1. The van der Waals surface area contributed by atoms with E-state index in [1.807, 2.05) is 45.6 Å². The Balaban J connectivity index is 1.81. The van der Waals surface area contributed by atoms with E-state index in [1.54, 1.807) is 0 Å². The number of amides is 1. The summed E-state index contributed by atoms with van der Waals surface area (Å²) >= 11 is 0. The van der Waals surface area contributed by atoms with Gasteiger partial charge in [-0.05, 0) is 46.5 Å². The molecular formula is C16H28N4O2. The monoisotopic (exact) mass is 308 g/mol. The van der Waals surface area contributed by atoms with Crippen LogP contribution in [0.2, 0.25) is 0 Å². The fourth-order valence-electron chi connectivity index (χ4n) is 2.47. The number of aromatic nitrogens is 2. The number of nitrogens with one attached hydrogen (secondary N) is 2. The van der Waals surface area contributed by atoms with Gasteiger partial charge in [-0.3, -0.25) is 4.68 Å². The minimum Gasteiger partial charge on any atom is -0.444 e. The topological polar surface area (TPSA) is 68.2 Å². The molecule has 6 nitrogen and oxygen atoms in total. The van der Waals surface area contributed by atoms with E-state index in [9.17, 15) is 4.79 Å². The van der Waals surface area contributed by atoms with Crippen LogP contribution in [0.1, 0.15) is 44.9 Å². The van der Waals surface area contributed by atoms with Crippen molar-refractivity contribution in [2.75, 3.05) is 6.54 Å². The zero-order valence-electron chi connectivity index (χ0n) is 14.3. The van der Waals surface area contributed by atoms with Crippen molar-refractivity contribution in [3.63, 3.8) is 0 Å². The lowest BCUT2D eigenvalue weighted by atomic mass is 10.1. The molecule has 1 unspecified atom stereocenters. The van der Waals surface area contributed by atoms with E-state index < -0.39 is 5.60 Å². The van der Waals surface area contributed by atoms with Crippen LogP contribution in [0.25, 0.3) is 0 Å². The van der Waals surface area contributed by atoms with Gasteiger partial charge in [0.25, 0.3) is 0 Å². The molecule has 1 aliphatic rings. The zero-order chi connectivity index (χ0) is 16.3. The van der Waals surface area contributed by atoms with E-state index in [1.165, 1.54) is 18.4 Å². The van der Waals surface area contributed by atoms with Crippen LogP contribution in [0, 0.1) is 12.8 Å². The van der Waals surface area contributed by atoms with Crippen molar-refractivity contribution in [3.8, 4) is 0 Å². The smallest absolute Gasteiger partial charge is 0.407 e. The summed E-state index contributed by atoms with van der Waals surface area (Å²) in [5, 5.41) is 10.8. The van der Waals surface area contributed by atoms with Gasteiger partial charge < -0.3 is 15.4 Å². The highest BCUT2D eigenvalue weighted by atomic mass is 16.6. The first kappa shape index (κ1) is 16.8. The van der Waals surface area contributed by atoms with Crippen LogP contribution in [0.5, 0.6) is 0 Å². The number of hydrogen-bond acceptors (Lipinski definition) is 4. The van der Waals surface area contributed by atoms with Gasteiger partial charge in [-0.2, -0.15) is 5.10 Å². The molecule has 1 amide bonds. The molecule has 6 heteroatoms. The molecule has 2 rings (SSSR count). The van der Waals surface area contributed by atoms with Crippen molar-refractivity contribution in [3.05, 3.63) is 17.5 Å². The Morgan fingerprint density at radius 3 is 2.68 bits per heavy atom. The van der Waals surface area contributed by atoms with E-state index in [2.05, 4.69) is 15.7 Å². The Morgan fingerprint density at radius 1 is 1.50 bits per heavy atom. The molecule has 1 heterocycles. The van der Waals surface area contributed by atoms with Crippen LogP contribution in [0.3, 0.4) is 0 Å². The number of rotatable bonds is 6. The van der Waals surface area contributed by atoms with Crippen molar-refractivity contribution in [2.45, 2.75) is 58.7 Å². The summed E-state index contributed by atoms with van der Waals surface area (Å²) in [4.78, 5) is 11.8. The fourth-order valence-corrected chi connectivity index (χ4v) is 2.47. The van der Waals surface area contributed by atoms with E-state index >= 15 is 0 Å². The van der Waals surface area contributed by atoms with Gasteiger partial charge in [0.15, 0.2) is 0 Å². The standard InChI is InChI=1S/C16H28N4O2/c1-11-13(10-20(5)19-11)8-17-14(12-6-7-12)9-18-15(21)22-16(2,3)4/h10,12,14,17H,6-9H2,1-5H3,(H,18,21). The average Bonchev–Trinajstić information content (AvgIpc) is 3.14. The quantitative estimate of drug-likeness (QED) is 0.844. The first-order valence-electron chi connectivity index (χ1n) is 7.94. The van der Waals surface area contributed by atoms with Crippen LogP contribution < -0.4 is 10.6 Å². The van der Waals surface area contributed by atoms with Crippen LogP contribution in [0.15, 0.2) is 6.20 Å². The molecule has 1 saturated carbocycles. The maximum atomic E-state index is 11.8. The molecule has 0 spiro atoms. The fraction of sp³-hybridized carbons (Fsp3) is 0.750. The highest BCUT2D eigenvalue weighted by molar-refractivity contribution is 5.67. The lowest BCUT2D eigenvalue weighted by Gasteiger charge is -2.22. The number of ether oxygens (including phenoxy) is 1. The van der Waals surface area contributed by atoms with Crippen molar-refractivity contribution < 1.29 is 9.53 Å². The Labute approximate surface area is 132 Å². The van der Waals surface area contributed by atoms with E-state index in [-0.39, 0.29) is 12.1 Å². The molecule has 0 aromatic carbocycles. The summed E-state index contributed by atoms with van der Waals surface area (Å²) in [7, 11) is 1.93. The lowest BCUT2D eigenvalue weighted by molar-refractivity contribution is 0.0521. The van der Waals surface area contributed by atoms with Gasteiger partial charge in [0.05, 0.1) is 5.69 Å². The Morgan fingerprint density at radius 2 is 2.18 bits per heavy atom. The van der Waals surface area contributed by atoms with Crippen molar-refractivity contribution in [1.29, 1.82) is 0 Å². The zero-order valence-corrected chi connectivity index (χ0v) is 14.3. The molecular weight excluding hydrogens is 280 g/mol. The second-order valence-electron chi connectivity index (χ2n) is 7.12. The second-order valence-corrected chi connectivity index (χ2v) is 7.12. The molecule has 0 saturated heterocycles. The third-order valence-electron chi connectivity index (χ3n) is 3.73. The minimum atomic E-state index is -0.459. The normalized spacial score (nSPS) is 16.4. The number of aryl methyl sites for hydroxylation is 2. The Kier molecular flexibility index (Phi) is 5.11. The summed E-state index contributed by atoms with van der Waals surface area (Å²) in [6, 6.07) is 0.284. The van der Waals surface area contributed by atoms with Crippen molar-refractivity contribution in [2.24, 2.45) is 13.0 Å². The molecule has 0 bridgehead atoms. The van der Waals surface area contributed by atoms with Crippen LogP contribution in [-0.2, 0) is 18.3 Å². The maximum Gasteiger partial charge on any atom is 0.407 e. The molecule has 22 heavy (non-hydrogen) atoms. The molecule has 1 aromatic heterocycles. The van der Waals surface area contributed by atoms with Crippen LogP contribution in [-0.4, -0.2) is 34.1 Å². The number of hydrogen-bond donors (Lipinski definition) is 2. The highest BCUT2D eigenvalue weighted by Gasteiger charge is 2.31. The predicted molar refractivity (Wildman–Crippen MR) is 85.5 cm³/mol. The van der Waals surface area contributed by atoms with Crippen LogP contribution >= 0.6 is 0 Å². The molecule has 124 valence electrons. The molecule has 0 aliphatic heterocycles. The molecule has 1 fully saturated rings. The lowest BCUT2D eigenvalue weighted by Crippen LogP contribution is -2.43. The second kappa shape index (κ2) is 6.69. The summed E-state index contributed by atoms with van der Waals surface area (Å²) < 4.78 is 7.11. The van der Waals surface area contributed by atoms with Gasteiger partial charge in [0, 0.05) is 37.9 Å². The Bertz CT molecular complexity index is 515. The third-order valence-corrected chi connectivity index (χ3v) is 3.73. The number of carbonyl (C=O) groups excluding carboxylic acids is 1. The summed E-state index contributed by atoms with van der Waals surface area (Å²) in [5.74, 6) is 0.645. The summed E-state index contributed by atoms with van der Waals surface area (Å²) in [6.07, 6.45) is 4.13. The minimum absolute atomic E-state index is 0.284. The molecule has 1 aliphatic carbocycles. The van der Waals surface area contributed by atoms with E-state index in [0.29, 0.717) is 12.5 Å². The first-order chi connectivity index (χ1) is 10.2. The van der Waals surface area contributed by atoms with Crippen molar-refractivity contribution in [1.82, 2.24) is 20.4 Å². The number of carbonyl (C=O) groups is 1. The highest BCUT2D eigenvalue weighted by Crippen LogP contribution is 2.32. The summed E-state index contributed by atoms with van der Waals surface area (Å²) in [5.41, 5.74) is 1.79. The van der Waals surface area contributed by atoms with E-state index in [0.717, 1.165) is 12.2 Å². The molecule has 1 atom stereocenters. The van der Waals surface area contributed by atoms with Gasteiger partial charge in [-0.1, -0.05) is 0 Å². The Hall–Kier alpha value is -1.56. The third kappa shape index (κ3) is 5.33. The van der Waals surface area contributed by atoms with Gasteiger partial charge in [0.1, 0.15) is 5.60 Å². The van der Waals surface area contributed by atoms with Gasteiger partial charge >= 0.3 is 6.09 Å². The average molecular weight is 308 g/mol. The van der Waals surface area contributed by atoms with Crippen molar-refractivity contribution >= 4 is 6.09 Å². The number of nitrogens with zero attached hydrogens (tertiary/aromatic N) is 2. The molecule has 1 aromatic rings. The SMILES string of the molecule is Cc1nn(C)cc1CNC(CNC(=O)OC(C)(C)C)C1CC1. The molecule has 2 N–H and O–H groups in total. The summed E-state index contributed by atoms with van der Waals surface area (Å²) in [6.45, 7) is 9.00. The van der Waals surface area contributed by atoms with E-state index in [4.69, 9.17) is 4.74 Å². The van der Waals surface area contributed by atoms with Gasteiger partial charge in [-0.15, -0.1) is 0 Å². The molecule has 0 radical (unpaired) electrons.